The van der Waals surface area contributed by atoms with E-state index in [1.165, 1.54) is 44.6 Å². The van der Waals surface area contributed by atoms with Gasteiger partial charge in [-0.05, 0) is 30.5 Å². The lowest BCUT2D eigenvalue weighted by molar-refractivity contribution is 0.401. The van der Waals surface area contributed by atoms with E-state index in [0.717, 1.165) is 5.56 Å². The first-order valence-electron chi connectivity index (χ1n) is 7.12. The lowest BCUT2D eigenvalue weighted by atomic mass is 10.0. The predicted octanol–water partition coefficient (Wildman–Crippen LogP) is 3.79. The molecule has 2 rings (SSSR count). The third-order valence-corrected chi connectivity index (χ3v) is 4.18. The minimum atomic E-state index is -0.375. The Morgan fingerprint density at radius 3 is 2.53 bits per heavy atom. The Morgan fingerprint density at radius 1 is 1.26 bits per heavy atom. The Bertz CT molecular complexity index is 403. The van der Waals surface area contributed by atoms with Gasteiger partial charge in [0, 0.05) is 18.6 Å². The van der Waals surface area contributed by atoms with Crippen LogP contribution in [0.3, 0.4) is 0 Å². The van der Waals surface area contributed by atoms with Crippen molar-refractivity contribution in [1.29, 1.82) is 0 Å². The van der Waals surface area contributed by atoms with Gasteiger partial charge in [-0.15, -0.1) is 0 Å². The monoisotopic (exact) mass is 284 g/mol. The SMILES string of the molecule is NCC(NC1CCCCCC1)c1ccc(Cl)c(F)c1. The zero-order valence-corrected chi connectivity index (χ0v) is 11.9. The molecule has 0 aromatic heterocycles. The molecule has 1 aliphatic rings. The molecular formula is C15H22ClFN2. The predicted molar refractivity (Wildman–Crippen MR) is 77.8 cm³/mol. The van der Waals surface area contributed by atoms with Crippen LogP contribution in [0.1, 0.15) is 50.1 Å². The average Bonchev–Trinajstić information content (AvgIpc) is 2.68. The summed E-state index contributed by atoms with van der Waals surface area (Å²) in [4.78, 5) is 0. The van der Waals surface area contributed by atoms with E-state index in [1.54, 1.807) is 6.07 Å². The average molecular weight is 285 g/mol. The maximum Gasteiger partial charge on any atom is 0.142 e. The van der Waals surface area contributed by atoms with E-state index in [0.29, 0.717) is 12.6 Å². The third-order valence-electron chi connectivity index (χ3n) is 3.87. The highest BCUT2D eigenvalue weighted by atomic mass is 35.5. The topological polar surface area (TPSA) is 38.0 Å². The number of nitrogens with two attached hydrogens (primary N) is 1. The lowest BCUT2D eigenvalue weighted by Gasteiger charge is -2.24. The molecule has 4 heteroatoms. The smallest absolute Gasteiger partial charge is 0.142 e. The van der Waals surface area contributed by atoms with Crippen molar-refractivity contribution in [2.75, 3.05) is 6.54 Å². The molecule has 19 heavy (non-hydrogen) atoms. The van der Waals surface area contributed by atoms with Gasteiger partial charge in [0.25, 0.3) is 0 Å². The zero-order chi connectivity index (χ0) is 13.7. The van der Waals surface area contributed by atoms with Crippen LogP contribution < -0.4 is 11.1 Å². The van der Waals surface area contributed by atoms with Crippen molar-refractivity contribution in [1.82, 2.24) is 5.32 Å². The molecule has 1 unspecified atom stereocenters. The molecule has 0 saturated heterocycles. The van der Waals surface area contributed by atoms with E-state index in [1.807, 2.05) is 6.07 Å². The quantitative estimate of drug-likeness (QED) is 0.826. The second-order valence-corrected chi connectivity index (χ2v) is 5.72. The van der Waals surface area contributed by atoms with Gasteiger partial charge in [0.2, 0.25) is 0 Å². The summed E-state index contributed by atoms with van der Waals surface area (Å²) >= 11 is 5.72. The maximum atomic E-state index is 13.5. The van der Waals surface area contributed by atoms with E-state index in [-0.39, 0.29) is 16.9 Å². The van der Waals surface area contributed by atoms with Crippen LogP contribution in [0, 0.1) is 5.82 Å². The Hall–Kier alpha value is -0.640. The van der Waals surface area contributed by atoms with Crippen LogP contribution in [0.25, 0.3) is 0 Å². The van der Waals surface area contributed by atoms with Crippen LogP contribution in [0.15, 0.2) is 18.2 Å². The molecule has 1 saturated carbocycles. The summed E-state index contributed by atoms with van der Waals surface area (Å²) in [6.07, 6.45) is 7.55. The van der Waals surface area contributed by atoms with Crippen molar-refractivity contribution in [3.8, 4) is 0 Å². The van der Waals surface area contributed by atoms with Gasteiger partial charge in [0.15, 0.2) is 0 Å². The maximum absolute atomic E-state index is 13.5. The van der Waals surface area contributed by atoms with E-state index in [9.17, 15) is 4.39 Å². The van der Waals surface area contributed by atoms with E-state index in [4.69, 9.17) is 17.3 Å². The van der Waals surface area contributed by atoms with Crippen LogP contribution in [0.2, 0.25) is 5.02 Å². The molecule has 106 valence electrons. The standard InChI is InChI=1S/C15H22ClFN2/c16-13-8-7-11(9-14(13)17)15(10-18)19-12-5-3-1-2-4-6-12/h7-9,12,15,19H,1-6,10,18H2. The molecule has 1 aromatic carbocycles. The van der Waals surface area contributed by atoms with Crippen LogP contribution in [-0.2, 0) is 0 Å². The van der Waals surface area contributed by atoms with Crippen LogP contribution >= 0.6 is 11.6 Å². The van der Waals surface area contributed by atoms with Crippen LogP contribution in [0.4, 0.5) is 4.39 Å². The molecule has 0 bridgehead atoms. The van der Waals surface area contributed by atoms with Crippen LogP contribution in [0.5, 0.6) is 0 Å². The number of hydrogen-bond acceptors (Lipinski definition) is 2. The van der Waals surface area contributed by atoms with Gasteiger partial charge in [0.1, 0.15) is 5.82 Å². The molecule has 0 spiro atoms. The Morgan fingerprint density at radius 2 is 1.95 bits per heavy atom. The van der Waals surface area contributed by atoms with Gasteiger partial charge in [0.05, 0.1) is 5.02 Å². The molecule has 0 amide bonds. The fourth-order valence-electron chi connectivity index (χ4n) is 2.76. The zero-order valence-electron chi connectivity index (χ0n) is 11.2. The number of benzene rings is 1. The third kappa shape index (κ3) is 4.16. The molecule has 1 fully saturated rings. The largest absolute Gasteiger partial charge is 0.329 e. The molecule has 0 radical (unpaired) electrons. The summed E-state index contributed by atoms with van der Waals surface area (Å²) in [6.45, 7) is 0.470. The molecular weight excluding hydrogens is 263 g/mol. The van der Waals surface area contributed by atoms with Crippen molar-refractivity contribution in [3.63, 3.8) is 0 Å². The summed E-state index contributed by atoms with van der Waals surface area (Å²) in [5.41, 5.74) is 6.71. The second-order valence-electron chi connectivity index (χ2n) is 5.32. The number of hydrogen-bond donors (Lipinski definition) is 2. The fourth-order valence-corrected chi connectivity index (χ4v) is 2.88. The Labute approximate surface area is 119 Å². The molecule has 1 aromatic rings. The van der Waals surface area contributed by atoms with Gasteiger partial charge in [-0.25, -0.2) is 4.39 Å². The number of nitrogens with one attached hydrogen (secondary N) is 1. The molecule has 3 N–H and O–H groups in total. The molecule has 0 aliphatic heterocycles. The summed E-state index contributed by atoms with van der Waals surface area (Å²) in [5.74, 6) is -0.375. The van der Waals surface area contributed by atoms with Crippen molar-refractivity contribution in [2.45, 2.75) is 50.6 Å². The first-order valence-corrected chi connectivity index (χ1v) is 7.49. The second kappa shape index (κ2) is 7.22. The normalized spacial score (nSPS) is 19.1. The minimum Gasteiger partial charge on any atom is -0.329 e. The van der Waals surface area contributed by atoms with E-state index < -0.39 is 0 Å². The van der Waals surface area contributed by atoms with Crippen molar-refractivity contribution in [3.05, 3.63) is 34.6 Å². The van der Waals surface area contributed by atoms with Gasteiger partial charge < -0.3 is 11.1 Å². The van der Waals surface area contributed by atoms with Crippen LogP contribution in [-0.4, -0.2) is 12.6 Å². The molecule has 0 heterocycles. The van der Waals surface area contributed by atoms with Crippen molar-refractivity contribution in [2.24, 2.45) is 5.73 Å². The number of halogens is 2. The fraction of sp³-hybridized carbons (Fsp3) is 0.600. The summed E-state index contributed by atoms with van der Waals surface area (Å²) in [6, 6.07) is 5.45. The Balaban J connectivity index is 2.03. The summed E-state index contributed by atoms with van der Waals surface area (Å²) in [7, 11) is 0. The minimum absolute atomic E-state index is 0.00914. The van der Waals surface area contributed by atoms with E-state index >= 15 is 0 Å². The summed E-state index contributed by atoms with van der Waals surface area (Å²) < 4.78 is 13.5. The lowest BCUT2D eigenvalue weighted by Crippen LogP contribution is -2.36. The van der Waals surface area contributed by atoms with Gasteiger partial charge in [-0.1, -0.05) is 43.4 Å². The number of rotatable bonds is 4. The summed E-state index contributed by atoms with van der Waals surface area (Å²) in [5, 5.41) is 3.73. The molecule has 2 nitrogen and oxygen atoms in total. The first kappa shape index (κ1) is 14.8. The van der Waals surface area contributed by atoms with Gasteiger partial charge in [-0.2, -0.15) is 0 Å². The highest BCUT2D eigenvalue weighted by Crippen LogP contribution is 2.23. The highest BCUT2D eigenvalue weighted by molar-refractivity contribution is 6.30. The molecule has 1 atom stereocenters. The van der Waals surface area contributed by atoms with Gasteiger partial charge >= 0.3 is 0 Å². The first-order chi connectivity index (χ1) is 9.20. The van der Waals surface area contributed by atoms with Crippen molar-refractivity contribution < 1.29 is 4.39 Å². The highest BCUT2D eigenvalue weighted by Gasteiger charge is 2.18. The van der Waals surface area contributed by atoms with Gasteiger partial charge in [-0.3, -0.25) is 0 Å². The van der Waals surface area contributed by atoms with E-state index in [2.05, 4.69) is 5.32 Å². The van der Waals surface area contributed by atoms with Crippen molar-refractivity contribution >= 4 is 11.6 Å². The molecule has 1 aliphatic carbocycles. The Kier molecular flexibility index (Phi) is 5.61.